The standard InChI is InChI=1S/C15H25NO2/c1-11(2)18-15-10-17-9-13(15)8-14-7-12-3-5-16(14)6-4-12/h8,11-13,15H,3-7,9-10H2,1-2H3/b14-8+. The number of rotatable bonds is 3. The van der Waals surface area contributed by atoms with Crippen LogP contribution in [0.25, 0.3) is 0 Å². The predicted octanol–water partition coefficient (Wildman–Crippen LogP) is 2.43. The average molecular weight is 251 g/mol. The van der Waals surface area contributed by atoms with Crippen LogP contribution in [-0.2, 0) is 9.47 Å². The molecule has 2 unspecified atom stereocenters. The third-order valence-corrected chi connectivity index (χ3v) is 4.44. The van der Waals surface area contributed by atoms with Crippen LogP contribution in [-0.4, -0.2) is 43.4 Å². The summed E-state index contributed by atoms with van der Waals surface area (Å²) in [6.45, 7) is 8.33. The van der Waals surface area contributed by atoms with E-state index < -0.39 is 0 Å². The van der Waals surface area contributed by atoms with Crippen LogP contribution < -0.4 is 0 Å². The number of ether oxygens (including phenoxy) is 2. The highest BCUT2D eigenvalue weighted by molar-refractivity contribution is 5.12. The first-order chi connectivity index (χ1) is 8.72. The second-order valence-electron chi connectivity index (χ2n) is 6.22. The summed E-state index contributed by atoms with van der Waals surface area (Å²) >= 11 is 0. The minimum Gasteiger partial charge on any atom is -0.378 e. The second kappa shape index (κ2) is 5.22. The Morgan fingerprint density at radius 1 is 1.28 bits per heavy atom. The van der Waals surface area contributed by atoms with Gasteiger partial charge in [0.1, 0.15) is 0 Å². The highest BCUT2D eigenvalue weighted by Crippen LogP contribution is 2.35. The highest BCUT2D eigenvalue weighted by atomic mass is 16.6. The van der Waals surface area contributed by atoms with Crippen molar-refractivity contribution in [2.45, 2.75) is 45.3 Å². The zero-order chi connectivity index (χ0) is 12.5. The molecule has 2 atom stereocenters. The predicted molar refractivity (Wildman–Crippen MR) is 71.3 cm³/mol. The zero-order valence-corrected chi connectivity index (χ0v) is 11.6. The van der Waals surface area contributed by atoms with Crippen LogP contribution in [0.5, 0.6) is 0 Å². The Kier molecular flexibility index (Phi) is 3.62. The second-order valence-corrected chi connectivity index (χ2v) is 6.22. The van der Waals surface area contributed by atoms with E-state index in [2.05, 4.69) is 24.8 Å². The van der Waals surface area contributed by atoms with Gasteiger partial charge in [-0.15, -0.1) is 0 Å². The summed E-state index contributed by atoms with van der Waals surface area (Å²) in [5.74, 6) is 1.40. The summed E-state index contributed by atoms with van der Waals surface area (Å²) in [5.41, 5.74) is 1.56. The molecular formula is C15H25NO2. The van der Waals surface area contributed by atoms with Crippen molar-refractivity contribution in [3.8, 4) is 0 Å². The molecule has 2 bridgehead atoms. The van der Waals surface area contributed by atoms with E-state index in [1.54, 1.807) is 5.70 Å². The first-order valence-electron chi connectivity index (χ1n) is 7.41. The quantitative estimate of drug-likeness (QED) is 0.769. The van der Waals surface area contributed by atoms with Crippen molar-refractivity contribution in [2.75, 3.05) is 26.3 Å². The van der Waals surface area contributed by atoms with Gasteiger partial charge in [0.05, 0.1) is 25.4 Å². The summed E-state index contributed by atoms with van der Waals surface area (Å²) in [5, 5.41) is 0. The molecule has 18 heavy (non-hydrogen) atoms. The Bertz CT molecular complexity index is 318. The number of hydrogen-bond acceptors (Lipinski definition) is 3. The summed E-state index contributed by atoms with van der Waals surface area (Å²) in [6.07, 6.45) is 7.07. The van der Waals surface area contributed by atoms with Crippen molar-refractivity contribution in [3.05, 3.63) is 11.8 Å². The molecule has 3 heteroatoms. The number of allylic oxidation sites excluding steroid dienone is 1. The van der Waals surface area contributed by atoms with Crippen molar-refractivity contribution in [3.63, 3.8) is 0 Å². The van der Waals surface area contributed by atoms with E-state index in [1.165, 1.54) is 32.4 Å². The topological polar surface area (TPSA) is 21.7 Å². The van der Waals surface area contributed by atoms with Gasteiger partial charge >= 0.3 is 0 Å². The molecule has 0 amide bonds. The van der Waals surface area contributed by atoms with Crippen molar-refractivity contribution in [1.29, 1.82) is 0 Å². The van der Waals surface area contributed by atoms with Crippen LogP contribution in [0.15, 0.2) is 11.8 Å². The summed E-state index contributed by atoms with van der Waals surface area (Å²) in [6, 6.07) is 0. The van der Waals surface area contributed by atoms with E-state index in [1.807, 2.05) is 0 Å². The fourth-order valence-electron chi connectivity index (χ4n) is 3.47. The Morgan fingerprint density at radius 2 is 2.06 bits per heavy atom. The first-order valence-corrected chi connectivity index (χ1v) is 7.41. The monoisotopic (exact) mass is 251 g/mol. The molecule has 3 nitrogen and oxygen atoms in total. The van der Waals surface area contributed by atoms with Gasteiger partial charge in [0.25, 0.3) is 0 Å². The Labute approximate surface area is 110 Å². The van der Waals surface area contributed by atoms with Gasteiger partial charge < -0.3 is 14.4 Å². The average Bonchev–Trinajstić information content (AvgIpc) is 2.77. The fourth-order valence-corrected chi connectivity index (χ4v) is 3.47. The highest BCUT2D eigenvalue weighted by Gasteiger charge is 2.33. The minimum absolute atomic E-state index is 0.263. The molecule has 4 fully saturated rings. The van der Waals surface area contributed by atoms with E-state index >= 15 is 0 Å². The lowest BCUT2D eigenvalue weighted by atomic mass is 9.85. The molecule has 0 spiro atoms. The van der Waals surface area contributed by atoms with Gasteiger partial charge in [-0.2, -0.15) is 0 Å². The molecule has 4 saturated heterocycles. The lowest BCUT2D eigenvalue weighted by Crippen LogP contribution is -2.40. The van der Waals surface area contributed by atoms with E-state index in [-0.39, 0.29) is 6.10 Å². The van der Waals surface area contributed by atoms with Crippen molar-refractivity contribution < 1.29 is 9.47 Å². The maximum atomic E-state index is 5.96. The zero-order valence-electron chi connectivity index (χ0n) is 11.6. The van der Waals surface area contributed by atoms with E-state index in [0.717, 1.165) is 19.1 Å². The maximum absolute atomic E-state index is 5.96. The van der Waals surface area contributed by atoms with Gasteiger partial charge in [0.15, 0.2) is 0 Å². The molecule has 0 aromatic heterocycles. The molecule has 4 heterocycles. The van der Waals surface area contributed by atoms with Gasteiger partial charge in [0.2, 0.25) is 0 Å². The van der Waals surface area contributed by atoms with Crippen molar-refractivity contribution >= 4 is 0 Å². The fraction of sp³-hybridized carbons (Fsp3) is 0.867. The minimum atomic E-state index is 0.263. The van der Waals surface area contributed by atoms with Crippen molar-refractivity contribution in [1.82, 2.24) is 4.90 Å². The molecule has 102 valence electrons. The lowest BCUT2D eigenvalue weighted by Gasteiger charge is -2.43. The molecule has 4 aliphatic rings. The van der Waals surface area contributed by atoms with Crippen LogP contribution in [0.3, 0.4) is 0 Å². The SMILES string of the molecule is CC(C)OC1COCC1/C=C1\CC2CCN1CC2. The van der Waals surface area contributed by atoms with E-state index in [0.29, 0.717) is 12.0 Å². The molecule has 0 saturated carbocycles. The summed E-state index contributed by atoms with van der Waals surface area (Å²) in [4.78, 5) is 2.57. The van der Waals surface area contributed by atoms with Crippen LogP contribution >= 0.6 is 0 Å². The molecular weight excluding hydrogens is 226 g/mol. The molecule has 0 aromatic rings. The third kappa shape index (κ3) is 2.57. The smallest absolute Gasteiger partial charge is 0.0897 e. The number of piperidine rings is 3. The van der Waals surface area contributed by atoms with Crippen molar-refractivity contribution in [2.24, 2.45) is 11.8 Å². The largest absolute Gasteiger partial charge is 0.378 e. The van der Waals surface area contributed by atoms with E-state index in [4.69, 9.17) is 9.47 Å². The van der Waals surface area contributed by atoms with Gasteiger partial charge in [-0.3, -0.25) is 0 Å². The van der Waals surface area contributed by atoms with Gasteiger partial charge in [-0.1, -0.05) is 6.08 Å². The Hall–Kier alpha value is -0.540. The van der Waals surface area contributed by atoms with Crippen LogP contribution in [0.1, 0.15) is 33.1 Å². The molecule has 0 aliphatic carbocycles. The van der Waals surface area contributed by atoms with Crippen LogP contribution in [0, 0.1) is 11.8 Å². The summed E-state index contributed by atoms with van der Waals surface area (Å²) in [7, 11) is 0. The third-order valence-electron chi connectivity index (χ3n) is 4.44. The van der Waals surface area contributed by atoms with Crippen LogP contribution in [0.2, 0.25) is 0 Å². The maximum Gasteiger partial charge on any atom is 0.0897 e. The first kappa shape index (κ1) is 12.5. The van der Waals surface area contributed by atoms with Gasteiger partial charge in [0, 0.05) is 24.7 Å². The van der Waals surface area contributed by atoms with E-state index in [9.17, 15) is 0 Å². The van der Waals surface area contributed by atoms with Crippen LogP contribution in [0.4, 0.5) is 0 Å². The van der Waals surface area contributed by atoms with Gasteiger partial charge in [-0.25, -0.2) is 0 Å². The molecule has 4 rings (SSSR count). The normalized spacial score (nSPS) is 35.1. The molecule has 0 N–H and O–H groups in total. The molecule has 0 radical (unpaired) electrons. The lowest BCUT2D eigenvalue weighted by molar-refractivity contribution is -0.00750. The number of nitrogens with zero attached hydrogens (tertiary/aromatic N) is 1. The number of hydrogen-bond donors (Lipinski definition) is 0. The Balaban J connectivity index is 1.67. The molecule has 0 aromatic carbocycles. The van der Waals surface area contributed by atoms with Gasteiger partial charge in [-0.05, 0) is 39.0 Å². The molecule has 4 aliphatic heterocycles. The summed E-state index contributed by atoms with van der Waals surface area (Å²) < 4.78 is 11.6. The Morgan fingerprint density at radius 3 is 2.67 bits per heavy atom. The number of fused-ring (bicyclic) bond motifs is 3.